The van der Waals surface area contributed by atoms with E-state index in [1.807, 2.05) is 32.0 Å². The number of nitrogens with one attached hydrogen (secondary N) is 1. The summed E-state index contributed by atoms with van der Waals surface area (Å²) in [5.41, 5.74) is 1.57. The molecule has 1 aliphatic rings. The fraction of sp³-hybridized carbons (Fsp3) is 0.304. The molecule has 0 saturated carbocycles. The van der Waals surface area contributed by atoms with Crippen molar-refractivity contribution in [3.05, 3.63) is 59.8 Å². The molecular weight excluding hydrogens is 384 g/mol. The minimum Gasteiger partial charge on any atom is -0.496 e. The number of ether oxygens (including phenoxy) is 3. The molecule has 3 rings (SSSR count). The predicted molar refractivity (Wildman–Crippen MR) is 114 cm³/mol. The molecule has 7 heteroatoms. The van der Waals surface area contributed by atoms with Gasteiger partial charge < -0.3 is 19.5 Å². The number of methoxy groups -OCH3 is 2. The first kappa shape index (κ1) is 21.4. The molecule has 1 N–H and O–H groups in total. The fourth-order valence-corrected chi connectivity index (χ4v) is 3.26. The highest BCUT2D eigenvalue weighted by Gasteiger charge is 2.40. The number of carbonyl (C=O) groups is 2. The number of hydrogen-bond donors (Lipinski definition) is 1. The van der Waals surface area contributed by atoms with E-state index in [2.05, 4.69) is 5.32 Å². The molecule has 0 fully saturated rings. The van der Waals surface area contributed by atoms with Crippen LogP contribution in [-0.4, -0.2) is 50.2 Å². The second kappa shape index (κ2) is 9.45. The first-order valence-electron chi connectivity index (χ1n) is 9.73. The van der Waals surface area contributed by atoms with Crippen molar-refractivity contribution >= 4 is 23.1 Å². The first-order valence-corrected chi connectivity index (χ1v) is 9.73. The number of imide groups is 1. The van der Waals surface area contributed by atoms with Gasteiger partial charge in [0.05, 0.1) is 44.7 Å². The summed E-state index contributed by atoms with van der Waals surface area (Å²) in [4.78, 5) is 27.7. The topological polar surface area (TPSA) is 77.1 Å². The number of benzene rings is 2. The molecule has 2 aromatic rings. The highest BCUT2D eigenvalue weighted by Crippen LogP contribution is 2.36. The normalized spacial score (nSPS) is 14.0. The van der Waals surface area contributed by atoms with Gasteiger partial charge in [0.2, 0.25) is 0 Å². The van der Waals surface area contributed by atoms with Gasteiger partial charge in [-0.05, 0) is 32.0 Å². The van der Waals surface area contributed by atoms with E-state index in [0.29, 0.717) is 22.7 Å². The summed E-state index contributed by atoms with van der Waals surface area (Å²) in [6.07, 6.45) is 0.00521. The van der Waals surface area contributed by atoms with E-state index in [1.54, 1.807) is 37.4 Å². The standard InChI is InChI=1S/C23H26N2O5/c1-15(2)30-14-13-25-22(26)20(16-9-5-7-11-18(16)28-3)21(23(25)27)24-17-10-6-8-12-19(17)29-4/h5-12,15,24H,13-14H2,1-4H3. The lowest BCUT2D eigenvalue weighted by molar-refractivity contribution is -0.137. The van der Waals surface area contributed by atoms with Crippen molar-refractivity contribution in [1.82, 2.24) is 4.90 Å². The van der Waals surface area contributed by atoms with Crippen LogP contribution in [-0.2, 0) is 14.3 Å². The Morgan fingerprint density at radius 1 is 0.900 bits per heavy atom. The van der Waals surface area contributed by atoms with Gasteiger partial charge in [-0.1, -0.05) is 30.3 Å². The van der Waals surface area contributed by atoms with Gasteiger partial charge in [-0.25, -0.2) is 0 Å². The van der Waals surface area contributed by atoms with Crippen molar-refractivity contribution in [1.29, 1.82) is 0 Å². The van der Waals surface area contributed by atoms with Gasteiger partial charge in [-0.3, -0.25) is 14.5 Å². The summed E-state index contributed by atoms with van der Waals surface area (Å²) >= 11 is 0. The molecule has 0 radical (unpaired) electrons. The molecule has 0 spiro atoms. The number of anilines is 1. The average molecular weight is 410 g/mol. The highest BCUT2D eigenvalue weighted by atomic mass is 16.5. The Balaban J connectivity index is 2.04. The zero-order valence-electron chi connectivity index (χ0n) is 17.6. The molecule has 30 heavy (non-hydrogen) atoms. The highest BCUT2D eigenvalue weighted by molar-refractivity contribution is 6.37. The number of nitrogens with zero attached hydrogens (tertiary/aromatic N) is 1. The van der Waals surface area contributed by atoms with E-state index >= 15 is 0 Å². The van der Waals surface area contributed by atoms with Crippen LogP contribution in [0.5, 0.6) is 11.5 Å². The molecule has 0 bridgehead atoms. The largest absolute Gasteiger partial charge is 0.496 e. The zero-order chi connectivity index (χ0) is 21.7. The molecule has 0 aliphatic carbocycles. The van der Waals surface area contributed by atoms with Crippen molar-refractivity contribution in [2.75, 3.05) is 32.7 Å². The number of carbonyl (C=O) groups excluding carboxylic acids is 2. The Morgan fingerprint density at radius 2 is 1.53 bits per heavy atom. The lowest BCUT2D eigenvalue weighted by Gasteiger charge is -2.17. The maximum absolute atomic E-state index is 13.3. The molecule has 2 amide bonds. The number of rotatable bonds is 9. The maximum Gasteiger partial charge on any atom is 0.278 e. The van der Waals surface area contributed by atoms with Crippen LogP contribution >= 0.6 is 0 Å². The van der Waals surface area contributed by atoms with Gasteiger partial charge in [0.15, 0.2) is 0 Å². The Morgan fingerprint density at radius 3 is 2.20 bits per heavy atom. The SMILES string of the molecule is COc1ccccc1NC1=C(c2ccccc2OC)C(=O)N(CCOC(C)C)C1=O. The second-order valence-electron chi connectivity index (χ2n) is 6.96. The van der Waals surface area contributed by atoms with Gasteiger partial charge in [0, 0.05) is 5.56 Å². The third kappa shape index (κ3) is 4.31. The zero-order valence-corrected chi connectivity index (χ0v) is 17.6. The maximum atomic E-state index is 13.3. The average Bonchev–Trinajstić information content (AvgIpc) is 2.98. The van der Waals surface area contributed by atoms with E-state index < -0.39 is 11.8 Å². The molecule has 0 saturated heterocycles. The molecule has 0 aromatic heterocycles. The lowest BCUT2D eigenvalue weighted by atomic mass is 10.0. The minimum atomic E-state index is -0.417. The Kier molecular flexibility index (Phi) is 6.74. The van der Waals surface area contributed by atoms with Gasteiger partial charge in [-0.15, -0.1) is 0 Å². The Bertz CT molecular complexity index is 968. The molecule has 158 valence electrons. The van der Waals surface area contributed by atoms with Crippen LogP contribution in [0.25, 0.3) is 5.57 Å². The van der Waals surface area contributed by atoms with E-state index in [0.717, 1.165) is 0 Å². The number of hydrogen-bond acceptors (Lipinski definition) is 6. The van der Waals surface area contributed by atoms with E-state index in [9.17, 15) is 9.59 Å². The summed E-state index contributed by atoms with van der Waals surface area (Å²) in [6.45, 7) is 4.23. The van der Waals surface area contributed by atoms with Gasteiger partial charge in [0.25, 0.3) is 11.8 Å². The van der Waals surface area contributed by atoms with Crippen LogP contribution in [0.3, 0.4) is 0 Å². The van der Waals surface area contributed by atoms with Crippen LogP contribution in [0.2, 0.25) is 0 Å². The van der Waals surface area contributed by atoms with Crippen molar-refractivity contribution < 1.29 is 23.8 Å². The van der Waals surface area contributed by atoms with Gasteiger partial charge in [-0.2, -0.15) is 0 Å². The summed E-state index contributed by atoms with van der Waals surface area (Å²) in [5, 5.41) is 3.12. The molecule has 0 atom stereocenters. The third-order valence-electron chi connectivity index (χ3n) is 4.68. The molecular formula is C23H26N2O5. The van der Waals surface area contributed by atoms with Crippen molar-refractivity contribution in [3.8, 4) is 11.5 Å². The van der Waals surface area contributed by atoms with Crippen LogP contribution in [0.1, 0.15) is 19.4 Å². The first-order chi connectivity index (χ1) is 14.5. The summed E-state index contributed by atoms with van der Waals surface area (Å²) in [5.74, 6) is 0.257. The van der Waals surface area contributed by atoms with Crippen molar-refractivity contribution in [2.24, 2.45) is 0 Å². The predicted octanol–water partition coefficient (Wildman–Crippen LogP) is 3.32. The van der Waals surface area contributed by atoms with E-state index in [4.69, 9.17) is 14.2 Å². The van der Waals surface area contributed by atoms with Crippen molar-refractivity contribution in [3.63, 3.8) is 0 Å². The molecule has 1 heterocycles. The van der Waals surface area contributed by atoms with Crippen LogP contribution in [0, 0.1) is 0 Å². The quantitative estimate of drug-likeness (QED) is 0.639. The summed E-state index contributed by atoms with van der Waals surface area (Å²) in [6, 6.07) is 14.3. The number of amides is 2. The van der Waals surface area contributed by atoms with E-state index in [-0.39, 0.29) is 30.5 Å². The second-order valence-corrected chi connectivity index (χ2v) is 6.96. The van der Waals surface area contributed by atoms with E-state index in [1.165, 1.54) is 12.0 Å². The Labute approximate surface area is 176 Å². The lowest BCUT2D eigenvalue weighted by Crippen LogP contribution is -2.35. The summed E-state index contributed by atoms with van der Waals surface area (Å²) < 4.78 is 16.4. The molecule has 2 aromatic carbocycles. The van der Waals surface area contributed by atoms with Crippen LogP contribution in [0.15, 0.2) is 54.2 Å². The van der Waals surface area contributed by atoms with Crippen LogP contribution in [0.4, 0.5) is 5.69 Å². The van der Waals surface area contributed by atoms with Gasteiger partial charge >= 0.3 is 0 Å². The molecule has 1 aliphatic heterocycles. The molecule has 7 nitrogen and oxygen atoms in total. The minimum absolute atomic E-state index is 0.00521. The molecule has 0 unspecified atom stereocenters. The van der Waals surface area contributed by atoms with Crippen LogP contribution < -0.4 is 14.8 Å². The van der Waals surface area contributed by atoms with Gasteiger partial charge in [0.1, 0.15) is 17.2 Å². The smallest absolute Gasteiger partial charge is 0.278 e. The number of para-hydroxylation sites is 3. The monoisotopic (exact) mass is 410 g/mol. The third-order valence-corrected chi connectivity index (χ3v) is 4.68. The van der Waals surface area contributed by atoms with Crippen molar-refractivity contribution in [2.45, 2.75) is 20.0 Å². The fourth-order valence-electron chi connectivity index (χ4n) is 3.26. The Hall–Kier alpha value is -3.32. The summed E-state index contributed by atoms with van der Waals surface area (Å²) in [7, 11) is 3.08.